The van der Waals surface area contributed by atoms with Crippen LogP contribution >= 0.6 is 0 Å². The van der Waals surface area contributed by atoms with Gasteiger partial charge in [0.1, 0.15) is 0 Å². The number of rotatable bonds is 5. The van der Waals surface area contributed by atoms with Gasteiger partial charge in [0.2, 0.25) is 15.9 Å². The largest absolute Gasteiger partial charge is 0.417 e. The summed E-state index contributed by atoms with van der Waals surface area (Å²) in [4.78, 5) is 15.9. The highest BCUT2D eigenvalue weighted by Gasteiger charge is 2.32. The molecule has 0 aliphatic heterocycles. The second-order valence-corrected chi connectivity index (χ2v) is 7.96. The van der Waals surface area contributed by atoms with Gasteiger partial charge in [-0.1, -0.05) is 19.3 Å². The summed E-state index contributed by atoms with van der Waals surface area (Å²) in [5.74, 6) is -1.30. The second-order valence-electron chi connectivity index (χ2n) is 5.95. The first kappa shape index (κ1) is 22.2. The number of sulfonamides is 1. The van der Waals surface area contributed by atoms with E-state index in [1.54, 1.807) is 0 Å². The van der Waals surface area contributed by atoms with Crippen LogP contribution in [0, 0.1) is 5.92 Å². The number of hydrogen-bond acceptors (Lipinski definition) is 4. The minimum absolute atomic E-state index is 0. The number of nitrogens with one attached hydrogen (secondary N) is 2. The van der Waals surface area contributed by atoms with Gasteiger partial charge in [-0.05, 0) is 25.8 Å². The van der Waals surface area contributed by atoms with E-state index in [4.69, 9.17) is 0 Å². The number of nitrogens with zero attached hydrogens (tertiary/aromatic N) is 1. The normalized spacial score (nSPS) is 15.8. The van der Waals surface area contributed by atoms with Crippen molar-refractivity contribution in [3.05, 3.63) is 17.8 Å². The van der Waals surface area contributed by atoms with Crippen LogP contribution in [-0.4, -0.2) is 30.5 Å². The molecule has 1 aliphatic carbocycles. The third-order valence-corrected chi connectivity index (χ3v) is 5.35. The van der Waals surface area contributed by atoms with Crippen LogP contribution in [0.25, 0.3) is 0 Å². The van der Waals surface area contributed by atoms with Gasteiger partial charge in [-0.15, -0.1) is 0 Å². The number of anilines is 2. The summed E-state index contributed by atoms with van der Waals surface area (Å²) in [7, 11) is -3.75. The van der Waals surface area contributed by atoms with Gasteiger partial charge in [-0.25, -0.2) is 13.4 Å². The fourth-order valence-corrected chi connectivity index (χ4v) is 3.22. The van der Waals surface area contributed by atoms with Crippen molar-refractivity contribution in [2.45, 2.75) is 45.2 Å². The minimum atomic E-state index is -4.65. The molecule has 0 atom stereocenters. The van der Waals surface area contributed by atoms with Gasteiger partial charge in [0.15, 0.2) is 5.82 Å². The lowest BCUT2D eigenvalue weighted by molar-refractivity contribution is -0.137. The second kappa shape index (κ2) is 8.67. The number of carbonyl (C=O) groups excluding carboxylic acids is 1. The molecule has 0 bridgehead atoms. The Balaban J connectivity index is 0.00000338. The smallest absolute Gasteiger partial charge is 0.412 e. The maximum Gasteiger partial charge on any atom is 0.417 e. The van der Waals surface area contributed by atoms with Crippen LogP contribution in [0.1, 0.15) is 44.6 Å². The Morgan fingerprint density at radius 2 is 1.88 bits per heavy atom. The molecule has 1 aromatic heterocycles. The Hall–Kier alpha value is -1.88. The SMILES string of the molecule is CCS(=O)(=O)Nc1ncc(C(F)(F)F)cc1NC(=O)C1CCCCC1.O. The molecule has 1 aliphatic rings. The summed E-state index contributed by atoms with van der Waals surface area (Å²) < 4.78 is 64.2. The quantitative estimate of drug-likeness (QED) is 0.793. The molecule has 0 saturated heterocycles. The Labute approximate surface area is 149 Å². The summed E-state index contributed by atoms with van der Waals surface area (Å²) in [6.45, 7) is 1.38. The van der Waals surface area contributed by atoms with E-state index in [-0.39, 0.29) is 28.7 Å². The maximum absolute atomic E-state index is 12.9. The van der Waals surface area contributed by atoms with Gasteiger partial charge in [-0.3, -0.25) is 9.52 Å². The molecule has 1 heterocycles. The Bertz CT molecular complexity index is 732. The number of amides is 1. The molecule has 2 rings (SSSR count). The van der Waals surface area contributed by atoms with Crippen molar-refractivity contribution in [1.29, 1.82) is 0 Å². The van der Waals surface area contributed by atoms with Crippen molar-refractivity contribution in [2.24, 2.45) is 5.92 Å². The lowest BCUT2D eigenvalue weighted by Crippen LogP contribution is -2.26. The van der Waals surface area contributed by atoms with Crippen LogP contribution in [-0.2, 0) is 21.0 Å². The molecule has 26 heavy (non-hydrogen) atoms. The molecule has 1 amide bonds. The first-order chi connectivity index (χ1) is 11.6. The number of alkyl halides is 3. The third kappa shape index (κ3) is 5.84. The molecule has 1 aromatic rings. The molecule has 0 radical (unpaired) electrons. The van der Waals surface area contributed by atoms with Crippen molar-refractivity contribution >= 4 is 27.4 Å². The fourth-order valence-electron chi connectivity index (χ4n) is 2.62. The van der Waals surface area contributed by atoms with Crippen LogP contribution in [0.2, 0.25) is 0 Å². The zero-order chi connectivity index (χ0) is 18.7. The van der Waals surface area contributed by atoms with Gasteiger partial charge < -0.3 is 10.8 Å². The number of hydrogen-bond donors (Lipinski definition) is 2. The highest BCUT2D eigenvalue weighted by Crippen LogP contribution is 2.33. The standard InChI is InChI=1S/C15H20F3N3O3S.H2O/c1-2-25(23,24)21-13-12(8-11(9-19-13)15(16,17)18)20-14(22)10-6-4-3-5-7-10;/h8-10H,2-7H2,1H3,(H,19,21)(H,20,22);1H2. The van der Waals surface area contributed by atoms with E-state index in [0.29, 0.717) is 25.1 Å². The Morgan fingerprint density at radius 3 is 2.42 bits per heavy atom. The monoisotopic (exact) mass is 397 g/mol. The minimum Gasteiger partial charge on any atom is -0.412 e. The fraction of sp³-hybridized carbons (Fsp3) is 0.600. The number of halogens is 3. The Kier molecular flexibility index (Phi) is 7.39. The first-order valence-corrected chi connectivity index (χ1v) is 9.66. The van der Waals surface area contributed by atoms with Crippen LogP contribution < -0.4 is 10.0 Å². The summed E-state index contributed by atoms with van der Waals surface area (Å²) in [5, 5.41) is 2.41. The van der Waals surface area contributed by atoms with Gasteiger partial charge in [0.05, 0.1) is 17.0 Å². The van der Waals surface area contributed by atoms with Gasteiger partial charge in [0.25, 0.3) is 0 Å². The molecule has 0 unspecified atom stereocenters. The zero-order valence-corrected chi connectivity index (χ0v) is 15.0. The lowest BCUT2D eigenvalue weighted by atomic mass is 9.88. The molecule has 11 heteroatoms. The van der Waals surface area contributed by atoms with Crippen LogP contribution in [0.5, 0.6) is 0 Å². The predicted octanol–water partition coefficient (Wildman–Crippen LogP) is 2.56. The average molecular weight is 397 g/mol. The number of aromatic nitrogens is 1. The van der Waals surface area contributed by atoms with Crippen LogP contribution in [0.15, 0.2) is 12.3 Å². The van der Waals surface area contributed by atoms with E-state index >= 15 is 0 Å². The summed E-state index contributed by atoms with van der Waals surface area (Å²) in [6, 6.07) is 0.696. The van der Waals surface area contributed by atoms with Crippen LogP contribution in [0.4, 0.5) is 24.7 Å². The van der Waals surface area contributed by atoms with Crippen LogP contribution in [0.3, 0.4) is 0 Å². The lowest BCUT2D eigenvalue weighted by Gasteiger charge is -2.22. The van der Waals surface area contributed by atoms with Crippen molar-refractivity contribution in [2.75, 3.05) is 15.8 Å². The summed E-state index contributed by atoms with van der Waals surface area (Å²) in [5.41, 5.74) is -1.35. The molecule has 1 saturated carbocycles. The topological polar surface area (TPSA) is 120 Å². The van der Waals surface area contributed by atoms with Gasteiger partial charge in [0, 0.05) is 12.1 Å². The van der Waals surface area contributed by atoms with Crippen molar-refractivity contribution in [3.8, 4) is 0 Å². The van der Waals surface area contributed by atoms with E-state index < -0.39 is 27.7 Å². The molecule has 148 valence electrons. The van der Waals surface area contributed by atoms with Crippen molar-refractivity contribution in [1.82, 2.24) is 4.98 Å². The van der Waals surface area contributed by atoms with E-state index in [9.17, 15) is 26.4 Å². The van der Waals surface area contributed by atoms with E-state index in [1.807, 2.05) is 0 Å². The molecule has 7 nitrogen and oxygen atoms in total. The highest BCUT2D eigenvalue weighted by atomic mass is 32.2. The van der Waals surface area contributed by atoms with E-state index in [1.165, 1.54) is 6.92 Å². The number of pyridine rings is 1. The third-order valence-electron chi connectivity index (χ3n) is 4.08. The average Bonchev–Trinajstić information content (AvgIpc) is 2.56. The first-order valence-electron chi connectivity index (χ1n) is 8.01. The molecule has 0 spiro atoms. The summed E-state index contributed by atoms with van der Waals surface area (Å²) >= 11 is 0. The van der Waals surface area contributed by atoms with Crippen molar-refractivity contribution in [3.63, 3.8) is 0 Å². The number of carbonyl (C=O) groups is 1. The molecular weight excluding hydrogens is 375 g/mol. The highest BCUT2D eigenvalue weighted by molar-refractivity contribution is 7.92. The molecule has 1 fully saturated rings. The van der Waals surface area contributed by atoms with Crippen molar-refractivity contribution < 1.29 is 31.9 Å². The van der Waals surface area contributed by atoms with E-state index in [2.05, 4.69) is 15.0 Å². The van der Waals surface area contributed by atoms with E-state index in [0.717, 1.165) is 19.3 Å². The maximum atomic E-state index is 12.9. The van der Waals surface area contributed by atoms with Gasteiger partial charge in [-0.2, -0.15) is 13.2 Å². The van der Waals surface area contributed by atoms with Gasteiger partial charge >= 0.3 is 6.18 Å². The summed E-state index contributed by atoms with van der Waals surface area (Å²) in [6.07, 6.45) is -0.00924. The predicted molar refractivity (Wildman–Crippen MR) is 91.1 cm³/mol. The zero-order valence-electron chi connectivity index (χ0n) is 14.2. The Morgan fingerprint density at radius 1 is 1.27 bits per heavy atom. The molecule has 0 aromatic carbocycles. The molecular formula is C15H22F3N3O4S. The molecule has 4 N–H and O–H groups in total.